The van der Waals surface area contributed by atoms with Gasteiger partial charge in [-0.15, -0.1) is 0 Å². The molecule has 0 amide bonds. The van der Waals surface area contributed by atoms with Gasteiger partial charge in [0.15, 0.2) is 0 Å². The number of hydrogen-bond donors (Lipinski definition) is 0. The molecular formula is C22H28O5. The van der Waals surface area contributed by atoms with Crippen molar-refractivity contribution in [3.63, 3.8) is 0 Å². The summed E-state index contributed by atoms with van der Waals surface area (Å²) < 4.78 is 16.6. The summed E-state index contributed by atoms with van der Waals surface area (Å²) >= 11 is 0. The monoisotopic (exact) mass is 372 g/mol. The average Bonchev–Trinajstić information content (AvgIpc) is 2.88. The molecule has 1 aromatic rings. The minimum absolute atomic E-state index is 0.00205. The summed E-state index contributed by atoms with van der Waals surface area (Å²) in [5.41, 5.74) is 4.19. The van der Waals surface area contributed by atoms with E-state index in [1.807, 2.05) is 13.0 Å². The van der Waals surface area contributed by atoms with Crippen LogP contribution >= 0.6 is 0 Å². The smallest absolute Gasteiger partial charge is 0.315 e. The van der Waals surface area contributed by atoms with E-state index in [1.165, 1.54) is 25.3 Å². The zero-order valence-electron chi connectivity index (χ0n) is 16.8. The number of carbonyl (C=O) groups is 2. The van der Waals surface area contributed by atoms with Crippen LogP contribution in [0.3, 0.4) is 0 Å². The molecule has 3 aliphatic rings. The number of benzene rings is 1. The quantitative estimate of drug-likeness (QED) is 0.698. The van der Waals surface area contributed by atoms with Gasteiger partial charge in [0.25, 0.3) is 0 Å². The molecule has 1 fully saturated rings. The van der Waals surface area contributed by atoms with Gasteiger partial charge in [-0.25, -0.2) is 0 Å². The molecule has 27 heavy (non-hydrogen) atoms. The fourth-order valence-electron chi connectivity index (χ4n) is 5.44. The van der Waals surface area contributed by atoms with Crippen molar-refractivity contribution in [2.24, 2.45) is 5.41 Å². The van der Waals surface area contributed by atoms with Crippen molar-refractivity contribution in [2.75, 3.05) is 0 Å². The predicted octanol–water partition coefficient (Wildman–Crippen LogP) is 4.80. The molecule has 1 aliphatic carbocycles. The largest absolute Gasteiger partial charge is 0.431 e. The minimum Gasteiger partial charge on any atom is -0.431 e. The maximum absolute atomic E-state index is 12.5. The molecule has 4 atom stereocenters. The first kappa shape index (κ1) is 18.5. The van der Waals surface area contributed by atoms with Gasteiger partial charge in [-0.05, 0) is 48.1 Å². The highest BCUT2D eigenvalue weighted by Crippen LogP contribution is 2.54. The van der Waals surface area contributed by atoms with Crippen molar-refractivity contribution in [3.05, 3.63) is 34.4 Å². The van der Waals surface area contributed by atoms with Gasteiger partial charge < -0.3 is 9.47 Å². The van der Waals surface area contributed by atoms with Crippen molar-refractivity contribution in [1.29, 1.82) is 0 Å². The lowest BCUT2D eigenvalue weighted by Crippen LogP contribution is -2.37. The summed E-state index contributed by atoms with van der Waals surface area (Å²) in [6.45, 7) is 10.2. The summed E-state index contributed by atoms with van der Waals surface area (Å²) in [5, 5.41) is 0. The Morgan fingerprint density at radius 3 is 2.59 bits per heavy atom. The van der Waals surface area contributed by atoms with E-state index in [1.54, 1.807) is 0 Å². The molecule has 5 heteroatoms. The Balaban J connectivity index is 1.86. The molecule has 146 valence electrons. The summed E-state index contributed by atoms with van der Waals surface area (Å²) in [7, 11) is 0. The Labute approximate surface area is 160 Å². The van der Waals surface area contributed by atoms with Crippen LogP contribution in [0.1, 0.15) is 101 Å². The standard InChI is InChI=1S/C22H28O5/c1-12-16-15(22(5)10-6-9-21(3,4)11-22)8-7-14-17(16)20(26-18(12)24)27-19(14)25-13(2)23/h7-8,12,19-20H,6,9-11H2,1-5H3/t12-,19-,20?,22+/m1/s1. The van der Waals surface area contributed by atoms with Gasteiger partial charge in [0.05, 0.1) is 5.92 Å². The van der Waals surface area contributed by atoms with Gasteiger partial charge in [0.1, 0.15) is 0 Å². The highest BCUT2D eigenvalue weighted by molar-refractivity contribution is 5.82. The van der Waals surface area contributed by atoms with E-state index in [2.05, 4.69) is 26.8 Å². The molecule has 2 heterocycles. The van der Waals surface area contributed by atoms with E-state index in [9.17, 15) is 9.59 Å². The molecule has 4 rings (SSSR count). The molecule has 0 bridgehead atoms. The minimum atomic E-state index is -0.816. The van der Waals surface area contributed by atoms with Crippen molar-refractivity contribution in [1.82, 2.24) is 0 Å². The van der Waals surface area contributed by atoms with E-state index < -0.39 is 18.5 Å². The molecule has 5 nitrogen and oxygen atoms in total. The van der Waals surface area contributed by atoms with Crippen molar-refractivity contribution < 1.29 is 23.8 Å². The van der Waals surface area contributed by atoms with Crippen LogP contribution in [0.25, 0.3) is 0 Å². The van der Waals surface area contributed by atoms with Crippen LogP contribution in [0.2, 0.25) is 0 Å². The first-order valence-corrected chi connectivity index (χ1v) is 9.82. The van der Waals surface area contributed by atoms with Crippen LogP contribution < -0.4 is 0 Å². The lowest BCUT2D eigenvalue weighted by molar-refractivity contribution is -0.231. The maximum atomic E-state index is 12.5. The molecular weight excluding hydrogens is 344 g/mol. The van der Waals surface area contributed by atoms with E-state index in [4.69, 9.17) is 14.2 Å². The Bertz CT molecular complexity index is 811. The van der Waals surface area contributed by atoms with Crippen LogP contribution in [0.15, 0.2) is 12.1 Å². The SMILES string of the molecule is CC(=O)O[C@@H]1OC2OC(=O)[C@H](C)c3c([C@@]4(C)CCCC(C)(C)C4)ccc1c32. The third kappa shape index (κ3) is 2.96. The molecule has 0 N–H and O–H groups in total. The second-order valence-corrected chi connectivity index (χ2v) is 9.35. The van der Waals surface area contributed by atoms with E-state index in [0.717, 1.165) is 29.5 Å². The van der Waals surface area contributed by atoms with Crippen LogP contribution in [-0.2, 0) is 29.2 Å². The van der Waals surface area contributed by atoms with Crippen LogP contribution in [0.5, 0.6) is 0 Å². The van der Waals surface area contributed by atoms with E-state index in [0.29, 0.717) is 0 Å². The summed E-state index contributed by atoms with van der Waals surface area (Å²) in [5.74, 6) is -1.06. The molecule has 1 aromatic carbocycles. The van der Waals surface area contributed by atoms with Gasteiger partial charge in [-0.1, -0.05) is 39.3 Å². The lowest BCUT2D eigenvalue weighted by atomic mass is 9.60. The maximum Gasteiger partial charge on any atom is 0.315 e. The van der Waals surface area contributed by atoms with Gasteiger partial charge in [0, 0.05) is 18.1 Å². The van der Waals surface area contributed by atoms with E-state index in [-0.39, 0.29) is 22.7 Å². The van der Waals surface area contributed by atoms with Crippen molar-refractivity contribution in [2.45, 2.75) is 84.2 Å². The number of esters is 2. The van der Waals surface area contributed by atoms with Crippen LogP contribution in [0.4, 0.5) is 0 Å². The molecule has 0 radical (unpaired) electrons. The van der Waals surface area contributed by atoms with Gasteiger partial charge >= 0.3 is 11.9 Å². The first-order valence-electron chi connectivity index (χ1n) is 9.82. The van der Waals surface area contributed by atoms with Gasteiger partial charge in [-0.2, -0.15) is 0 Å². The fraction of sp³-hybridized carbons (Fsp3) is 0.636. The fourth-order valence-corrected chi connectivity index (χ4v) is 5.44. The number of hydrogen-bond acceptors (Lipinski definition) is 5. The Kier molecular flexibility index (Phi) is 4.15. The molecule has 1 unspecified atom stereocenters. The summed E-state index contributed by atoms with van der Waals surface area (Å²) in [6.07, 6.45) is 2.97. The average molecular weight is 372 g/mol. The third-order valence-corrected chi connectivity index (χ3v) is 6.44. The summed E-state index contributed by atoms with van der Waals surface area (Å²) in [6, 6.07) is 4.10. The molecule has 0 aromatic heterocycles. The second-order valence-electron chi connectivity index (χ2n) is 9.35. The van der Waals surface area contributed by atoms with Gasteiger partial charge in [-0.3, -0.25) is 14.3 Å². The lowest BCUT2D eigenvalue weighted by Gasteiger charge is -2.45. The zero-order valence-corrected chi connectivity index (χ0v) is 16.8. The van der Waals surface area contributed by atoms with E-state index >= 15 is 0 Å². The van der Waals surface area contributed by atoms with Crippen molar-refractivity contribution in [3.8, 4) is 0 Å². The molecule has 0 saturated heterocycles. The first-order chi connectivity index (χ1) is 12.6. The van der Waals surface area contributed by atoms with Crippen LogP contribution in [0, 0.1) is 5.41 Å². The highest BCUT2D eigenvalue weighted by atomic mass is 16.8. The zero-order chi connectivity index (χ0) is 19.6. The molecule has 1 saturated carbocycles. The number of rotatable bonds is 2. The predicted molar refractivity (Wildman–Crippen MR) is 98.9 cm³/mol. The van der Waals surface area contributed by atoms with Gasteiger partial charge in [0.2, 0.25) is 12.6 Å². The Morgan fingerprint density at radius 2 is 1.93 bits per heavy atom. The second kappa shape index (κ2) is 6.06. The Morgan fingerprint density at radius 1 is 1.19 bits per heavy atom. The molecule has 0 spiro atoms. The molecule has 2 aliphatic heterocycles. The van der Waals surface area contributed by atoms with Crippen LogP contribution in [-0.4, -0.2) is 11.9 Å². The Hall–Kier alpha value is -1.88. The summed E-state index contributed by atoms with van der Waals surface area (Å²) in [4.78, 5) is 24.0. The number of ether oxygens (including phenoxy) is 3. The topological polar surface area (TPSA) is 61.8 Å². The third-order valence-electron chi connectivity index (χ3n) is 6.44. The normalized spacial score (nSPS) is 34.0. The number of carbonyl (C=O) groups excluding carboxylic acids is 2. The van der Waals surface area contributed by atoms with Crippen molar-refractivity contribution >= 4 is 11.9 Å². The highest BCUT2D eigenvalue weighted by Gasteiger charge is 2.48.